The summed E-state index contributed by atoms with van der Waals surface area (Å²) >= 11 is 3.43. The predicted octanol–water partition coefficient (Wildman–Crippen LogP) is 6.33. The highest BCUT2D eigenvalue weighted by Crippen LogP contribution is 2.49. The highest BCUT2D eigenvalue weighted by Gasteiger charge is 2.35. The molecule has 0 saturated heterocycles. The van der Waals surface area contributed by atoms with E-state index in [9.17, 15) is 10.1 Å². The Morgan fingerprint density at radius 3 is 2.36 bits per heavy atom. The average molecular weight is 394 g/mol. The third-order valence-electron chi connectivity index (χ3n) is 5.05. The van der Waals surface area contributed by atoms with Gasteiger partial charge < -0.3 is 0 Å². The minimum Gasteiger partial charge on any atom is -0.258 e. The first kappa shape index (κ1) is 16.0. The second kappa shape index (κ2) is 5.53. The van der Waals surface area contributed by atoms with Crippen LogP contribution in [0.1, 0.15) is 25.0 Å². The van der Waals surface area contributed by atoms with Gasteiger partial charge in [-0.2, -0.15) is 0 Å². The van der Waals surface area contributed by atoms with Crippen LogP contribution in [-0.4, -0.2) is 4.92 Å². The Morgan fingerprint density at radius 1 is 0.880 bits per heavy atom. The van der Waals surface area contributed by atoms with E-state index in [0.717, 1.165) is 15.6 Å². The molecule has 0 N–H and O–H groups in total. The molecule has 3 nitrogen and oxygen atoms in total. The van der Waals surface area contributed by atoms with Crippen LogP contribution in [-0.2, 0) is 5.41 Å². The second-order valence-electron chi connectivity index (χ2n) is 6.85. The molecule has 4 rings (SSSR count). The largest absolute Gasteiger partial charge is 0.277 e. The number of fused-ring (bicyclic) bond motifs is 3. The summed E-state index contributed by atoms with van der Waals surface area (Å²) in [7, 11) is 0. The first-order chi connectivity index (χ1) is 11.9. The summed E-state index contributed by atoms with van der Waals surface area (Å²) in [6.45, 7) is 4.44. The van der Waals surface area contributed by atoms with Crippen LogP contribution in [0.25, 0.3) is 22.3 Å². The fourth-order valence-corrected chi connectivity index (χ4v) is 4.15. The van der Waals surface area contributed by atoms with Crippen LogP contribution in [0.4, 0.5) is 5.69 Å². The third kappa shape index (κ3) is 2.40. The van der Waals surface area contributed by atoms with E-state index in [0.29, 0.717) is 5.56 Å². The van der Waals surface area contributed by atoms with Gasteiger partial charge in [0.2, 0.25) is 0 Å². The fourth-order valence-electron chi connectivity index (χ4n) is 3.79. The third-order valence-corrected chi connectivity index (χ3v) is 5.54. The number of rotatable bonds is 2. The molecule has 1 aliphatic rings. The molecule has 0 unspecified atom stereocenters. The van der Waals surface area contributed by atoms with Gasteiger partial charge in [0.05, 0.1) is 10.5 Å². The van der Waals surface area contributed by atoms with Crippen LogP contribution < -0.4 is 0 Å². The van der Waals surface area contributed by atoms with Crippen LogP contribution in [0.5, 0.6) is 0 Å². The van der Waals surface area contributed by atoms with E-state index in [1.807, 2.05) is 18.2 Å². The van der Waals surface area contributed by atoms with Gasteiger partial charge in [0, 0.05) is 16.0 Å². The van der Waals surface area contributed by atoms with Crippen molar-refractivity contribution in [3.8, 4) is 22.3 Å². The van der Waals surface area contributed by atoms with Crippen molar-refractivity contribution < 1.29 is 4.92 Å². The first-order valence-electron chi connectivity index (χ1n) is 8.08. The molecule has 0 spiro atoms. The van der Waals surface area contributed by atoms with Crippen molar-refractivity contribution in [2.75, 3.05) is 0 Å². The molecular weight excluding hydrogens is 378 g/mol. The Bertz CT molecular complexity index is 1020. The van der Waals surface area contributed by atoms with E-state index in [4.69, 9.17) is 0 Å². The Morgan fingerprint density at radius 2 is 1.60 bits per heavy atom. The highest BCUT2D eigenvalue weighted by molar-refractivity contribution is 9.10. The molecule has 0 aromatic heterocycles. The molecule has 0 atom stereocenters. The lowest BCUT2D eigenvalue weighted by Crippen LogP contribution is -2.14. The Labute approximate surface area is 154 Å². The van der Waals surface area contributed by atoms with E-state index < -0.39 is 0 Å². The quantitative estimate of drug-likeness (QED) is 0.377. The molecule has 3 aromatic carbocycles. The van der Waals surface area contributed by atoms with Gasteiger partial charge >= 0.3 is 0 Å². The van der Waals surface area contributed by atoms with Crippen LogP contribution >= 0.6 is 15.9 Å². The minimum absolute atomic E-state index is 0.0618. The number of hydrogen-bond acceptors (Lipinski definition) is 2. The summed E-state index contributed by atoms with van der Waals surface area (Å²) in [5, 5.41) is 11.4. The zero-order valence-electron chi connectivity index (χ0n) is 13.9. The van der Waals surface area contributed by atoms with Crippen LogP contribution in [0.2, 0.25) is 0 Å². The molecule has 0 aliphatic heterocycles. The maximum Gasteiger partial charge on any atom is 0.277 e. The van der Waals surface area contributed by atoms with Crippen molar-refractivity contribution in [2.24, 2.45) is 0 Å². The van der Waals surface area contributed by atoms with E-state index in [1.54, 1.807) is 12.1 Å². The van der Waals surface area contributed by atoms with Gasteiger partial charge in [-0.15, -0.1) is 0 Å². The van der Waals surface area contributed by atoms with E-state index in [2.05, 4.69) is 60.1 Å². The molecule has 0 radical (unpaired) electrons. The van der Waals surface area contributed by atoms with Crippen molar-refractivity contribution in [3.05, 3.63) is 86.4 Å². The normalized spacial score (nSPS) is 14.0. The first-order valence-corrected chi connectivity index (χ1v) is 8.87. The van der Waals surface area contributed by atoms with Gasteiger partial charge in [-0.1, -0.05) is 66.2 Å². The van der Waals surface area contributed by atoms with Gasteiger partial charge in [-0.3, -0.25) is 10.1 Å². The number of nitro groups is 1. The molecule has 4 heteroatoms. The van der Waals surface area contributed by atoms with E-state index in [1.165, 1.54) is 16.7 Å². The van der Waals surface area contributed by atoms with Crippen molar-refractivity contribution >= 4 is 21.6 Å². The topological polar surface area (TPSA) is 43.1 Å². The number of halogens is 1. The number of nitrogens with zero attached hydrogens (tertiary/aromatic N) is 1. The summed E-state index contributed by atoms with van der Waals surface area (Å²) in [6.07, 6.45) is 0. The Kier molecular flexibility index (Phi) is 3.55. The fraction of sp³-hybridized carbons (Fsp3) is 0.143. The average Bonchev–Trinajstić information content (AvgIpc) is 2.82. The Hall–Kier alpha value is -2.46. The van der Waals surface area contributed by atoms with Gasteiger partial charge in [-0.05, 0) is 46.0 Å². The van der Waals surface area contributed by atoms with Crippen molar-refractivity contribution in [3.63, 3.8) is 0 Å². The minimum atomic E-state index is -0.327. The standard InChI is InChI=1S/C21H16BrNO2/c1-21(2)18-6-4-3-5-15(18)17-11-13(7-9-19(17)21)16-12-14(22)8-10-20(16)23(24)25/h3-12H,1-2H3. The van der Waals surface area contributed by atoms with Crippen molar-refractivity contribution in [1.29, 1.82) is 0 Å². The predicted molar refractivity (Wildman–Crippen MR) is 104 cm³/mol. The maximum absolute atomic E-state index is 11.4. The lowest BCUT2D eigenvalue weighted by molar-refractivity contribution is -0.384. The van der Waals surface area contributed by atoms with E-state index in [-0.39, 0.29) is 16.0 Å². The number of nitro benzene ring substituents is 1. The molecule has 0 saturated carbocycles. The van der Waals surface area contributed by atoms with E-state index >= 15 is 0 Å². The molecule has 0 fully saturated rings. The van der Waals surface area contributed by atoms with Crippen LogP contribution in [0.3, 0.4) is 0 Å². The molecule has 124 valence electrons. The van der Waals surface area contributed by atoms with Gasteiger partial charge in [0.1, 0.15) is 0 Å². The number of benzene rings is 3. The van der Waals surface area contributed by atoms with Crippen LogP contribution in [0.15, 0.2) is 65.1 Å². The highest BCUT2D eigenvalue weighted by atomic mass is 79.9. The summed E-state index contributed by atoms with van der Waals surface area (Å²) < 4.78 is 0.828. The molecule has 1 aliphatic carbocycles. The zero-order chi connectivity index (χ0) is 17.8. The summed E-state index contributed by atoms with van der Waals surface area (Å²) in [4.78, 5) is 11.1. The summed E-state index contributed by atoms with van der Waals surface area (Å²) in [6, 6.07) is 19.6. The smallest absolute Gasteiger partial charge is 0.258 e. The van der Waals surface area contributed by atoms with Gasteiger partial charge in [0.15, 0.2) is 0 Å². The molecule has 3 aromatic rings. The Balaban J connectivity index is 1.97. The molecule has 0 bridgehead atoms. The molecule has 0 amide bonds. The SMILES string of the molecule is CC1(C)c2ccccc2-c2cc(-c3cc(Br)ccc3[N+](=O)[O-])ccc21. The summed E-state index contributed by atoms with van der Waals surface area (Å²) in [5.74, 6) is 0. The monoisotopic (exact) mass is 393 g/mol. The lowest BCUT2D eigenvalue weighted by Gasteiger charge is -2.21. The van der Waals surface area contributed by atoms with Gasteiger partial charge in [-0.25, -0.2) is 0 Å². The number of hydrogen-bond donors (Lipinski definition) is 0. The van der Waals surface area contributed by atoms with Crippen molar-refractivity contribution in [2.45, 2.75) is 19.3 Å². The molecule has 25 heavy (non-hydrogen) atoms. The zero-order valence-corrected chi connectivity index (χ0v) is 15.5. The van der Waals surface area contributed by atoms with Gasteiger partial charge in [0.25, 0.3) is 5.69 Å². The molecule has 0 heterocycles. The summed E-state index contributed by atoms with van der Waals surface area (Å²) in [5.41, 5.74) is 6.47. The molecular formula is C21H16BrNO2. The second-order valence-corrected chi connectivity index (χ2v) is 7.77. The van der Waals surface area contributed by atoms with Crippen molar-refractivity contribution in [1.82, 2.24) is 0 Å². The van der Waals surface area contributed by atoms with Crippen LogP contribution in [0, 0.1) is 10.1 Å². The maximum atomic E-state index is 11.4. The lowest BCUT2D eigenvalue weighted by atomic mass is 9.82.